The van der Waals surface area contributed by atoms with Gasteiger partial charge in [0.05, 0.1) is 17.5 Å². The fourth-order valence-corrected chi connectivity index (χ4v) is 1.12. The SMILES string of the molecule is Cn1ncc(-c2cc(N)[nH]n2)c1N. The molecule has 0 saturated carbocycles. The van der Waals surface area contributed by atoms with E-state index in [2.05, 4.69) is 15.3 Å². The second-order valence-electron chi connectivity index (χ2n) is 2.78. The highest BCUT2D eigenvalue weighted by molar-refractivity contribution is 5.71. The molecule has 6 heteroatoms. The first-order valence-electron chi connectivity index (χ1n) is 3.77. The number of hydrogen-bond acceptors (Lipinski definition) is 4. The Morgan fingerprint density at radius 3 is 2.69 bits per heavy atom. The molecule has 0 amide bonds. The van der Waals surface area contributed by atoms with E-state index < -0.39 is 0 Å². The quantitative estimate of drug-likeness (QED) is 0.571. The normalized spacial score (nSPS) is 10.5. The minimum atomic E-state index is 0.512. The molecule has 0 saturated heterocycles. The van der Waals surface area contributed by atoms with E-state index in [-0.39, 0.29) is 0 Å². The van der Waals surface area contributed by atoms with Crippen LogP contribution in [0.25, 0.3) is 11.3 Å². The Bertz CT molecular complexity index is 426. The molecule has 5 N–H and O–H groups in total. The molecule has 0 unspecified atom stereocenters. The van der Waals surface area contributed by atoms with E-state index >= 15 is 0 Å². The average Bonchev–Trinajstić information content (AvgIpc) is 2.62. The Morgan fingerprint density at radius 2 is 2.23 bits per heavy atom. The maximum Gasteiger partial charge on any atom is 0.130 e. The van der Waals surface area contributed by atoms with Crippen molar-refractivity contribution in [2.75, 3.05) is 11.5 Å². The molecule has 0 spiro atoms. The molecule has 0 aliphatic rings. The number of aryl methyl sites for hydroxylation is 1. The molecule has 68 valence electrons. The van der Waals surface area contributed by atoms with Crippen LogP contribution in [-0.2, 0) is 7.05 Å². The molecular weight excluding hydrogens is 168 g/mol. The first kappa shape index (κ1) is 7.66. The van der Waals surface area contributed by atoms with Crippen LogP contribution in [0.2, 0.25) is 0 Å². The number of aromatic nitrogens is 4. The highest BCUT2D eigenvalue weighted by Gasteiger charge is 2.09. The second-order valence-corrected chi connectivity index (χ2v) is 2.78. The number of nitrogens with two attached hydrogens (primary N) is 2. The lowest BCUT2D eigenvalue weighted by atomic mass is 10.2. The number of hydrogen-bond donors (Lipinski definition) is 3. The number of H-pyrrole nitrogens is 1. The van der Waals surface area contributed by atoms with E-state index in [0.717, 1.165) is 5.56 Å². The zero-order chi connectivity index (χ0) is 9.42. The lowest BCUT2D eigenvalue weighted by Crippen LogP contribution is -1.98. The van der Waals surface area contributed by atoms with E-state index in [1.807, 2.05) is 0 Å². The van der Waals surface area contributed by atoms with Gasteiger partial charge in [0.15, 0.2) is 0 Å². The first-order chi connectivity index (χ1) is 6.18. The van der Waals surface area contributed by atoms with Crippen LogP contribution in [0, 0.1) is 0 Å². The number of rotatable bonds is 1. The van der Waals surface area contributed by atoms with Crippen LogP contribution in [0.3, 0.4) is 0 Å². The van der Waals surface area contributed by atoms with Gasteiger partial charge in [-0.1, -0.05) is 0 Å². The number of nitrogen functional groups attached to an aromatic ring is 2. The van der Waals surface area contributed by atoms with Crippen LogP contribution in [0.1, 0.15) is 0 Å². The van der Waals surface area contributed by atoms with Crippen LogP contribution >= 0.6 is 0 Å². The van der Waals surface area contributed by atoms with Crippen molar-refractivity contribution in [1.29, 1.82) is 0 Å². The number of nitrogens with zero attached hydrogens (tertiary/aromatic N) is 3. The summed E-state index contributed by atoms with van der Waals surface area (Å²) in [5, 5.41) is 10.6. The molecular formula is C7H10N6. The Morgan fingerprint density at radius 1 is 1.46 bits per heavy atom. The Balaban J connectivity index is 2.52. The Hall–Kier alpha value is -1.98. The van der Waals surface area contributed by atoms with Crippen LogP contribution in [0.4, 0.5) is 11.6 Å². The zero-order valence-corrected chi connectivity index (χ0v) is 7.15. The third-order valence-electron chi connectivity index (χ3n) is 1.86. The molecule has 2 heterocycles. The number of anilines is 2. The zero-order valence-electron chi connectivity index (χ0n) is 7.15. The van der Waals surface area contributed by atoms with Crippen molar-refractivity contribution in [3.63, 3.8) is 0 Å². The van der Waals surface area contributed by atoms with E-state index in [0.29, 0.717) is 17.3 Å². The fraction of sp³-hybridized carbons (Fsp3) is 0.143. The molecule has 0 atom stereocenters. The monoisotopic (exact) mass is 178 g/mol. The molecule has 0 aromatic carbocycles. The first-order valence-corrected chi connectivity index (χ1v) is 3.77. The Labute approximate surface area is 74.5 Å². The molecule has 0 fully saturated rings. The van der Waals surface area contributed by atoms with Gasteiger partial charge in [-0.15, -0.1) is 0 Å². The van der Waals surface area contributed by atoms with Gasteiger partial charge in [0.25, 0.3) is 0 Å². The number of nitrogens with one attached hydrogen (secondary N) is 1. The fourth-order valence-electron chi connectivity index (χ4n) is 1.12. The molecule has 0 radical (unpaired) electrons. The molecule has 2 aromatic heterocycles. The van der Waals surface area contributed by atoms with Crippen LogP contribution in [-0.4, -0.2) is 20.0 Å². The van der Waals surface area contributed by atoms with Crippen molar-refractivity contribution in [3.05, 3.63) is 12.3 Å². The van der Waals surface area contributed by atoms with Crippen molar-refractivity contribution in [2.24, 2.45) is 7.05 Å². The molecule has 0 aliphatic heterocycles. The summed E-state index contributed by atoms with van der Waals surface area (Å²) in [7, 11) is 1.77. The van der Waals surface area contributed by atoms with Crippen molar-refractivity contribution in [2.45, 2.75) is 0 Å². The summed E-state index contributed by atoms with van der Waals surface area (Å²) in [5.41, 5.74) is 12.7. The summed E-state index contributed by atoms with van der Waals surface area (Å²) < 4.78 is 1.58. The van der Waals surface area contributed by atoms with Crippen molar-refractivity contribution in [1.82, 2.24) is 20.0 Å². The molecule has 6 nitrogen and oxygen atoms in total. The molecule has 0 aliphatic carbocycles. The molecule has 2 aromatic rings. The maximum absolute atomic E-state index is 5.75. The largest absolute Gasteiger partial charge is 0.384 e. The van der Waals surface area contributed by atoms with Gasteiger partial charge in [0.1, 0.15) is 11.6 Å². The smallest absolute Gasteiger partial charge is 0.130 e. The van der Waals surface area contributed by atoms with Gasteiger partial charge in [-0.2, -0.15) is 10.2 Å². The maximum atomic E-state index is 5.75. The van der Waals surface area contributed by atoms with Gasteiger partial charge in [-0.25, -0.2) is 0 Å². The summed E-state index contributed by atoms with van der Waals surface area (Å²) in [4.78, 5) is 0. The number of aromatic amines is 1. The standard InChI is InChI=1S/C7H10N6/c1-13-7(9)4(3-10-13)5-2-6(8)12-11-5/h2-3H,9H2,1H3,(H3,8,11,12). The van der Waals surface area contributed by atoms with E-state index in [9.17, 15) is 0 Å². The summed E-state index contributed by atoms with van der Waals surface area (Å²) in [6.07, 6.45) is 1.66. The van der Waals surface area contributed by atoms with Gasteiger partial charge in [0, 0.05) is 13.1 Å². The minimum absolute atomic E-state index is 0.512. The average molecular weight is 178 g/mol. The predicted octanol–water partition coefficient (Wildman–Crippen LogP) is -0.0254. The van der Waals surface area contributed by atoms with Gasteiger partial charge in [-0.3, -0.25) is 9.78 Å². The minimum Gasteiger partial charge on any atom is -0.384 e. The topological polar surface area (TPSA) is 98.5 Å². The van der Waals surface area contributed by atoms with Crippen LogP contribution in [0.5, 0.6) is 0 Å². The summed E-state index contributed by atoms with van der Waals surface area (Å²) in [6, 6.07) is 1.72. The van der Waals surface area contributed by atoms with E-state index in [1.165, 1.54) is 0 Å². The third kappa shape index (κ3) is 1.12. The third-order valence-corrected chi connectivity index (χ3v) is 1.86. The van der Waals surface area contributed by atoms with Gasteiger partial charge < -0.3 is 11.5 Å². The van der Waals surface area contributed by atoms with Gasteiger partial charge in [0.2, 0.25) is 0 Å². The highest BCUT2D eigenvalue weighted by atomic mass is 15.3. The lowest BCUT2D eigenvalue weighted by Gasteiger charge is -1.94. The molecule has 2 rings (SSSR count). The van der Waals surface area contributed by atoms with Crippen LogP contribution in [0.15, 0.2) is 12.3 Å². The van der Waals surface area contributed by atoms with Crippen molar-refractivity contribution >= 4 is 11.6 Å². The van der Waals surface area contributed by atoms with Crippen molar-refractivity contribution < 1.29 is 0 Å². The summed E-state index contributed by atoms with van der Waals surface area (Å²) in [6.45, 7) is 0. The summed E-state index contributed by atoms with van der Waals surface area (Å²) >= 11 is 0. The van der Waals surface area contributed by atoms with E-state index in [1.54, 1.807) is 24.0 Å². The van der Waals surface area contributed by atoms with E-state index in [4.69, 9.17) is 11.5 Å². The van der Waals surface area contributed by atoms with Gasteiger partial charge >= 0.3 is 0 Å². The second kappa shape index (κ2) is 2.51. The van der Waals surface area contributed by atoms with Crippen LogP contribution < -0.4 is 11.5 Å². The highest BCUT2D eigenvalue weighted by Crippen LogP contribution is 2.23. The van der Waals surface area contributed by atoms with Gasteiger partial charge in [-0.05, 0) is 0 Å². The predicted molar refractivity (Wildman–Crippen MR) is 49.6 cm³/mol. The summed E-state index contributed by atoms with van der Waals surface area (Å²) in [5.74, 6) is 1.09. The molecule has 0 bridgehead atoms. The van der Waals surface area contributed by atoms with Crippen molar-refractivity contribution in [3.8, 4) is 11.3 Å². The Kier molecular flexibility index (Phi) is 1.48. The lowest BCUT2D eigenvalue weighted by molar-refractivity contribution is 0.779. The molecule has 13 heavy (non-hydrogen) atoms.